The Bertz CT molecular complexity index is 1240. The third-order valence-corrected chi connectivity index (χ3v) is 4.74. The molecule has 2 N–H and O–H groups in total. The van der Waals surface area contributed by atoms with E-state index in [1.807, 2.05) is 0 Å². The Morgan fingerprint density at radius 3 is 2.57 bits per heavy atom. The van der Waals surface area contributed by atoms with Gasteiger partial charge in [0.2, 0.25) is 0 Å². The first-order valence-electron chi connectivity index (χ1n) is 8.55. The van der Waals surface area contributed by atoms with Gasteiger partial charge in [0, 0.05) is 22.6 Å². The Morgan fingerprint density at radius 2 is 1.86 bits per heavy atom. The molecule has 0 aromatic heterocycles. The number of carboxylic acids is 1. The molecule has 0 bridgehead atoms. The fourth-order valence-electron chi connectivity index (χ4n) is 3.43. The van der Waals surface area contributed by atoms with Crippen molar-refractivity contribution in [2.45, 2.75) is 6.61 Å². The van der Waals surface area contributed by atoms with Crippen LogP contribution >= 0.6 is 0 Å². The second-order valence-electron chi connectivity index (χ2n) is 6.27. The highest BCUT2D eigenvalue weighted by molar-refractivity contribution is 6.07. The fraction of sp³-hybridized carbons (Fsp3) is 0.0909. The molecule has 0 saturated carbocycles. The van der Waals surface area contributed by atoms with E-state index in [1.165, 1.54) is 19.2 Å². The molecule has 2 aromatic carbocycles. The molecule has 0 unspecified atom stereocenters. The van der Waals surface area contributed by atoms with E-state index in [0.29, 0.717) is 33.4 Å². The molecule has 0 saturated heterocycles. The van der Waals surface area contributed by atoms with Gasteiger partial charge in [-0.1, -0.05) is 18.2 Å². The molecular formula is C22H16O6. The molecule has 140 valence electrons. The Hall–Kier alpha value is -3.64. The topological polar surface area (TPSA) is 97.0 Å². The van der Waals surface area contributed by atoms with E-state index >= 15 is 0 Å². The van der Waals surface area contributed by atoms with E-state index in [4.69, 9.17) is 9.15 Å². The van der Waals surface area contributed by atoms with Gasteiger partial charge in [0.1, 0.15) is 17.1 Å². The second-order valence-corrected chi connectivity index (χ2v) is 6.27. The first-order valence-corrected chi connectivity index (χ1v) is 8.55. The van der Waals surface area contributed by atoms with Gasteiger partial charge in [-0.15, -0.1) is 0 Å². The van der Waals surface area contributed by atoms with Crippen molar-refractivity contribution in [1.29, 1.82) is 0 Å². The summed E-state index contributed by atoms with van der Waals surface area (Å²) in [7, 11) is 1.53. The average molecular weight is 376 g/mol. The molecule has 28 heavy (non-hydrogen) atoms. The predicted octanol–water partition coefficient (Wildman–Crippen LogP) is 3.76. The molecule has 6 nitrogen and oxygen atoms in total. The monoisotopic (exact) mass is 376 g/mol. The number of hydrogen-bond acceptors (Lipinski definition) is 5. The molecule has 0 atom stereocenters. The van der Waals surface area contributed by atoms with Crippen molar-refractivity contribution < 1.29 is 24.2 Å². The van der Waals surface area contributed by atoms with Crippen molar-refractivity contribution in [1.82, 2.24) is 0 Å². The van der Waals surface area contributed by atoms with Gasteiger partial charge in [0.05, 0.1) is 24.8 Å². The third-order valence-electron chi connectivity index (χ3n) is 4.74. The van der Waals surface area contributed by atoms with E-state index in [-0.39, 0.29) is 22.3 Å². The molecule has 1 aliphatic heterocycles. The summed E-state index contributed by atoms with van der Waals surface area (Å²) in [6.45, 7) is -0.491. The molecule has 6 heteroatoms. The predicted molar refractivity (Wildman–Crippen MR) is 104 cm³/mol. The number of rotatable bonds is 4. The van der Waals surface area contributed by atoms with Crippen LogP contribution in [-0.4, -0.2) is 23.3 Å². The highest BCUT2D eigenvalue weighted by atomic mass is 16.5. The molecule has 0 radical (unpaired) electrons. The first kappa shape index (κ1) is 17.8. The summed E-state index contributed by atoms with van der Waals surface area (Å²) >= 11 is 0. The van der Waals surface area contributed by atoms with Crippen molar-refractivity contribution in [3.63, 3.8) is 0 Å². The van der Waals surface area contributed by atoms with E-state index in [2.05, 4.69) is 0 Å². The van der Waals surface area contributed by atoms with Crippen LogP contribution in [-0.2, 0) is 6.61 Å². The number of aliphatic hydroxyl groups excluding tert-OH is 1. The van der Waals surface area contributed by atoms with Crippen LogP contribution in [0.4, 0.5) is 0 Å². The van der Waals surface area contributed by atoms with Gasteiger partial charge in [0.25, 0.3) is 0 Å². The smallest absolute Gasteiger partial charge is 0.336 e. The van der Waals surface area contributed by atoms with Gasteiger partial charge in [-0.3, -0.25) is 4.79 Å². The number of aromatic carboxylic acids is 1. The Kier molecular flexibility index (Phi) is 4.33. The van der Waals surface area contributed by atoms with Crippen LogP contribution in [0.2, 0.25) is 0 Å². The van der Waals surface area contributed by atoms with Gasteiger partial charge < -0.3 is 19.4 Å². The number of fused-ring (bicyclic) bond motifs is 2. The number of aliphatic hydroxyl groups is 1. The number of ether oxygens (including phenoxy) is 1. The molecule has 0 amide bonds. The number of carbonyl (C=O) groups is 1. The molecule has 1 heterocycles. The number of methoxy groups -OCH3 is 1. The van der Waals surface area contributed by atoms with Crippen molar-refractivity contribution in [2.24, 2.45) is 0 Å². The summed E-state index contributed by atoms with van der Waals surface area (Å²) in [5, 5.41) is 20.1. The number of carboxylic acid groups (broad SMARTS) is 1. The highest BCUT2D eigenvalue weighted by Crippen LogP contribution is 2.43. The van der Waals surface area contributed by atoms with Crippen LogP contribution in [0.15, 0.2) is 63.8 Å². The molecule has 2 aromatic rings. The summed E-state index contributed by atoms with van der Waals surface area (Å²) in [5.41, 5.74) is 1.98. The van der Waals surface area contributed by atoms with E-state index in [1.54, 1.807) is 42.5 Å². The second kappa shape index (κ2) is 6.83. The summed E-state index contributed by atoms with van der Waals surface area (Å²) in [5.74, 6) is -0.281. The van der Waals surface area contributed by atoms with Crippen LogP contribution in [0.3, 0.4) is 0 Å². The van der Waals surface area contributed by atoms with Crippen LogP contribution in [0.1, 0.15) is 15.9 Å². The molecule has 0 spiro atoms. The van der Waals surface area contributed by atoms with E-state index in [9.17, 15) is 19.8 Å². The fourth-order valence-corrected chi connectivity index (χ4v) is 3.43. The summed E-state index contributed by atoms with van der Waals surface area (Å²) in [6, 6.07) is 14.8. The quantitative estimate of drug-likeness (QED) is 0.526. The Labute approximate surface area is 159 Å². The van der Waals surface area contributed by atoms with Gasteiger partial charge in [-0.2, -0.15) is 0 Å². The SMILES string of the molecule is COc1ccc2c(-c3ccccc3C(=O)O)c3ccc(=O)c(CO)c-3oc2c1. The summed E-state index contributed by atoms with van der Waals surface area (Å²) in [4.78, 5) is 24.0. The molecule has 1 aliphatic carbocycles. The van der Waals surface area contributed by atoms with E-state index in [0.717, 1.165) is 0 Å². The van der Waals surface area contributed by atoms with Crippen LogP contribution in [0, 0.1) is 0 Å². The zero-order chi connectivity index (χ0) is 19.8. The minimum absolute atomic E-state index is 0.122. The van der Waals surface area contributed by atoms with Crippen LogP contribution < -0.4 is 10.2 Å². The summed E-state index contributed by atoms with van der Waals surface area (Å²) in [6.07, 6.45) is 0. The maximum absolute atomic E-state index is 12.2. The molecule has 4 rings (SSSR count). The normalized spacial score (nSPS) is 11.1. The molecule has 0 fully saturated rings. The molecular weight excluding hydrogens is 360 g/mol. The largest absolute Gasteiger partial charge is 0.497 e. The lowest BCUT2D eigenvalue weighted by atomic mass is 9.89. The minimum Gasteiger partial charge on any atom is -0.497 e. The van der Waals surface area contributed by atoms with Crippen molar-refractivity contribution in [3.8, 4) is 28.2 Å². The van der Waals surface area contributed by atoms with Crippen molar-refractivity contribution in [2.75, 3.05) is 7.11 Å². The highest BCUT2D eigenvalue weighted by Gasteiger charge is 2.24. The number of hydrogen-bond donors (Lipinski definition) is 2. The number of benzene rings is 3. The maximum Gasteiger partial charge on any atom is 0.336 e. The first-order chi connectivity index (χ1) is 13.5. The zero-order valence-electron chi connectivity index (χ0n) is 14.9. The summed E-state index contributed by atoms with van der Waals surface area (Å²) < 4.78 is 11.2. The maximum atomic E-state index is 12.2. The van der Waals surface area contributed by atoms with E-state index < -0.39 is 12.6 Å². The third kappa shape index (κ3) is 2.71. The lowest BCUT2D eigenvalue weighted by Crippen LogP contribution is -2.11. The van der Waals surface area contributed by atoms with Gasteiger partial charge in [-0.25, -0.2) is 4.79 Å². The Balaban J connectivity index is 2.22. The average Bonchev–Trinajstić information content (AvgIpc) is 2.71. The van der Waals surface area contributed by atoms with Gasteiger partial charge >= 0.3 is 5.97 Å². The standard InChI is InChI=1S/C22H16O6/c1-27-12-6-7-15-19(10-12)28-21-16(8-9-18(24)17(21)11-23)20(15)13-4-2-3-5-14(13)22(25)26/h2-10,23H,11H2,1H3,(H,25,26). The Morgan fingerprint density at radius 1 is 1.07 bits per heavy atom. The zero-order valence-corrected chi connectivity index (χ0v) is 14.9. The lowest BCUT2D eigenvalue weighted by molar-refractivity contribution is 0.0697. The van der Waals surface area contributed by atoms with Crippen LogP contribution in [0.25, 0.3) is 33.4 Å². The minimum atomic E-state index is -1.06. The van der Waals surface area contributed by atoms with Gasteiger partial charge in [-0.05, 0) is 35.9 Å². The lowest BCUT2D eigenvalue weighted by Gasteiger charge is -2.18. The van der Waals surface area contributed by atoms with Crippen molar-refractivity contribution >= 4 is 16.9 Å². The molecule has 2 aliphatic rings. The van der Waals surface area contributed by atoms with Crippen molar-refractivity contribution in [3.05, 3.63) is 75.9 Å². The van der Waals surface area contributed by atoms with Gasteiger partial charge in [0.15, 0.2) is 5.43 Å². The van der Waals surface area contributed by atoms with Crippen LogP contribution in [0.5, 0.6) is 5.75 Å².